The van der Waals surface area contributed by atoms with E-state index in [2.05, 4.69) is 43.9 Å². The topological polar surface area (TPSA) is 120 Å². The Balaban J connectivity index is 1.27. The van der Waals surface area contributed by atoms with Crippen LogP contribution in [0.4, 0.5) is 16.2 Å². The first kappa shape index (κ1) is 22.1. The van der Waals surface area contributed by atoms with Crippen LogP contribution in [0.3, 0.4) is 0 Å². The molecule has 0 aromatic heterocycles. The first-order valence-corrected chi connectivity index (χ1v) is 11.3. The summed E-state index contributed by atoms with van der Waals surface area (Å²) in [5.41, 5.74) is 2.94. The number of benzene rings is 2. The average Bonchev–Trinajstić information content (AvgIpc) is 3.07. The largest absolute Gasteiger partial charge is 0.383 e. The summed E-state index contributed by atoms with van der Waals surface area (Å²) in [6.07, 6.45) is 0.568. The summed E-state index contributed by atoms with van der Waals surface area (Å²) < 4.78 is 1.04. The van der Waals surface area contributed by atoms with E-state index in [-0.39, 0.29) is 24.3 Å². The lowest BCUT2D eigenvalue weighted by molar-refractivity contribution is -0.136. The van der Waals surface area contributed by atoms with Gasteiger partial charge in [0.1, 0.15) is 6.04 Å². The van der Waals surface area contributed by atoms with Gasteiger partial charge in [0, 0.05) is 46.6 Å². The second kappa shape index (κ2) is 9.55. The van der Waals surface area contributed by atoms with Crippen LogP contribution in [0.1, 0.15) is 28.8 Å². The van der Waals surface area contributed by atoms with E-state index in [4.69, 9.17) is 0 Å². The predicted octanol–water partition coefficient (Wildman–Crippen LogP) is 2.29. The standard InChI is InChI=1S/C22H22IN5O4/c23-14-2-1-3-16(11-14)26-22(32)25-9-8-24-15-4-5-17-13(10-15)12-28(21(17)31)18-6-7-19(29)27-20(18)30/h1-5,10-11,18,24H,6-9,12H2,(H2,25,26,32)(H,27,29,30). The summed E-state index contributed by atoms with van der Waals surface area (Å²) in [5, 5.41) is 11.1. The fourth-order valence-corrected chi connectivity index (χ4v) is 4.35. The van der Waals surface area contributed by atoms with E-state index >= 15 is 0 Å². The van der Waals surface area contributed by atoms with Crippen molar-refractivity contribution < 1.29 is 19.2 Å². The third kappa shape index (κ3) is 5.01. The molecule has 0 saturated carbocycles. The second-order valence-corrected chi connectivity index (χ2v) is 8.84. The molecule has 9 nitrogen and oxygen atoms in total. The number of halogens is 1. The van der Waals surface area contributed by atoms with Crippen molar-refractivity contribution in [2.24, 2.45) is 0 Å². The minimum absolute atomic E-state index is 0.199. The van der Waals surface area contributed by atoms with Gasteiger partial charge in [0.25, 0.3) is 5.91 Å². The zero-order valence-corrected chi connectivity index (χ0v) is 19.3. The number of amides is 5. The number of carbonyl (C=O) groups excluding carboxylic acids is 4. The molecular weight excluding hydrogens is 525 g/mol. The Kier molecular flexibility index (Phi) is 6.58. The molecule has 2 aliphatic rings. The predicted molar refractivity (Wildman–Crippen MR) is 127 cm³/mol. The lowest BCUT2D eigenvalue weighted by atomic mass is 10.0. The molecule has 4 N–H and O–H groups in total. The summed E-state index contributed by atoms with van der Waals surface area (Å²) in [6.45, 7) is 1.24. The number of urea groups is 1. The van der Waals surface area contributed by atoms with Gasteiger partial charge in [-0.05, 0) is 71.0 Å². The molecule has 2 heterocycles. The molecule has 4 rings (SSSR count). The zero-order valence-electron chi connectivity index (χ0n) is 17.1. The molecule has 1 saturated heterocycles. The highest BCUT2D eigenvalue weighted by molar-refractivity contribution is 14.1. The number of carbonyl (C=O) groups is 4. The molecule has 2 aromatic carbocycles. The molecule has 2 aliphatic heterocycles. The summed E-state index contributed by atoms with van der Waals surface area (Å²) in [6, 6.07) is 12.0. The van der Waals surface area contributed by atoms with Crippen molar-refractivity contribution in [3.63, 3.8) is 0 Å². The molecule has 32 heavy (non-hydrogen) atoms. The summed E-state index contributed by atoms with van der Waals surface area (Å²) in [7, 11) is 0. The Morgan fingerprint density at radius 2 is 1.94 bits per heavy atom. The van der Waals surface area contributed by atoms with Gasteiger partial charge >= 0.3 is 6.03 Å². The summed E-state index contributed by atoms with van der Waals surface area (Å²) >= 11 is 2.18. The van der Waals surface area contributed by atoms with Gasteiger partial charge in [0.2, 0.25) is 11.8 Å². The van der Waals surface area contributed by atoms with Gasteiger partial charge in [-0.25, -0.2) is 4.79 Å². The van der Waals surface area contributed by atoms with Gasteiger partial charge < -0.3 is 20.9 Å². The minimum Gasteiger partial charge on any atom is -0.383 e. The van der Waals surface area contributed by atoms with Gasteiger partial charge in [-0.3, -0.25) is 19.7 Å². The fraction of sp³-hybridized carbons (Fsp3) is 0.273. The normalized spacial score (nSPS) is 17.6. The Hall–Kier alpha value is -3.15. The summed E-state index contributed by atoms with van der Waals surface area (Å²) in [4.78, 5) is 49.8. The molecule has 0 aliphatic carbocycles. The molecule has 0 spiro atoms. The van der Waals surface area contributed by atoms with Crippen molar-refractivity contribution in [1.29, 1.82) is 0 Å². The summed E-state index contributed by atoms with van der Waals surface area (Å²) in [5.74, 6) is -0.923. The maximum Gasteiger partial charge on any atom is 0.319 e. The van der Waals surface area contributed by atoms with Crippen molar-refractivity contribution in [3.8, 4) is 0 Å². The molecule has 1 unspecified atom stereocenters. The van der Waals surface area contributed by atoms with E-state index < -0.39 is 11.9 Å². The minimum atomic E-state index is -0.625. The highest BCUT2D eigenvalue weighted by Gasteiger charge is 2.39. The Morgan fingerprint density at radius 1 is 1.09 bits per heavy atom. The van der Waals surface area contributed by atoms with Crippen LogP contribution in [0.25, 0.3) is 0 Å². The quantitative estimate of drug-likeness (QED) is 0.252. The number of fused-ring (bicyclic) bond motifs is 1. The van der Waals surface area contributed by atoms with Gasteiger partial charge in [-0.2, -0.15) is 0 Å². The number of hydrogen-bond donors (Lipinski definition) is 4. The zero-order chi connectivity index (χ0) is 22.7. The number of anilines is 2. The lowest BCUT2D eigenvalue weighted by Crippen LogP contribution is -2.52. The van der Waals surface area contributed by atoms with E-state index in [1.54, 1.807) is 12.1 Å². The van der Waals surface area contributed by atoms with Crippen LogP contribution >= 0.6 is 22.6 Å². The van der Waals surface area contributed by atoms with E-state index in [0.717, 1.165) is 20.5 Å². The highest BCUT2D eigenvalue weighted by Crippen LogP contribution is 2.29. The molecule has 166 valence electrons. The van der Waals surface area contributed by atoms with Crippen LogP contribution in [-0.2, 0) is 16.1 Å². The fourth-order valence-electron chi connectivity index (χ4n) is 3.81. The van der Waals surface area contributed by atoms with Crippen LogP contribution in [0.15, 0.2) is 42.5 Å². The third-order valence-electron chi connectivity index (χ3n) is 5.35. The molecular formula is C22H22IN5O4. The van der Waals surface area contributed by atoms with E-state index in [1.807, 2.05) is 30.3 Å². The van der Waals surface area contributed by atoms with E-state index in [1.165, 1.54) is 4.90 Å². The van der Waals surface area contributed by atoms with E-state index in [9.17, 15) is 19.2 Å². The number of imide groups is 1. The van der Waals surface area contributed by atoms with Crippen LogP contribution in [0, 0.1) is 3.57 Å². The number of rotatable bonds is 6. The highest BCUT2D eigenvalue weighted by atomic mass is 127. The van der Waals surface area contributed by atoms with Crippen LogP contribution < -0.4 is 21.3 Å². The SMILES string of the molecule is O=C1CCC(N2Cc3cc(NCCNC(=O)Nc4cccc(I)c4)ccc3C2=O)C(=O)N1. The first-order valence-electron chi connectivity index (χ1n) is 10.2. The number of hydrogen-bond acceptors (Lipinski definition) is 5. The molecule has 0 radical (unpaired) electrons. The molecule has 1 atom stereocenters. The molecule has 0 bridgehead atoms. The van der Waals surface area contributed by atoms with Crippen molar-refractivity contribution in [2.45, 2.75) is 25.4 Å². The average molecular weight is 547 g/mol. The maximum absolute atomic E-state index is 12.7. The van der Waals surface area contributed by atoms with Crippen LogP contribution in [0.5, 0.6) is 0 Å². The van der Waals surface area contributed by atoms with Crippen molar-refractivity contribution in [1.82, 2.24) is 15.5 Å². The number of piperidine rings is 1. The Bertz CT molecular complexity index is 1090. The van der Waals surface area contributed by atoms with Crippen LogP contribution in [-0.4, -0.2) is 47.8 Å². The second-order valence-electron chi connectivity index (χ2n) is 7.59. The number of nitrogens with zero attached hydrogens (tertiary/aromatic N) is 1. The smallest absolute Gasteiger partial charge is 0.319 e. The van der Waals surface area contributed by atoms with Crippen LogP contribution in [0.2, 0.25) is 0 Å². The molecule has 2 aromatic rings. The lowest BCUT2D eigenvalue weighted by Gasteiger charge is -2.29. The van der Waals surface area contributed by atoms with E-state index in [0.29, 0.717) is 31.6 Å². The van der Waals surface area contributed by atoms with Gasteiger partial charge in [0.05, 0.1) is 0 Å². The van der Waals surface area contributed by atoms with Gasteiger partial charge in [0.15, 0.2) is 0 Å². The van der Waals surface area contributed by atoms with Gasteiger partial charge in [-0.15, -0.1) is 0 Å². The third-order valence-corrected chi connectivity index (χ3v) is 6.02. The first-order chi connectivity index (χ1) is 15.4. The maximum atomic E-state index is 12.7. The van der Waals surface area contributed by atoms with Crippen molar-refractivity contribution >= 4 is 57.7 Å². The molecule has 5 amide bonds. The van der Waals surface area contributed by atoms with Crippen molar-refractivity contribution in [2.75, 3.05) is 23.7 Å². The Labute approximate surface area is 198 Å². The monoisotopic (exact) mass is 547 g/mol. The van der Waals surface area contributed by atoms with Gasteiger partial charge in [-0.1, -0.05) is 6.07 Å². The molecule has 10 heteroatoms. The number of nitrogens with one attached hydrogen (secondary N) is 4. The Morgan fingerprint density at radius 3 is 2.72 bits per heavy atom. The molecule has 1 fully saturated rings. The van der Waals surface area contributed by atoms with Crippen molar-refractivity contribution in [3.05, 3.63) is 57.2 Å².